The van der Waals surface area contributed by atoms with E-state index in [0.29, 0.717) is 6.61 Å². The van der Waals surface area contributed by atoms with Crippen LogP contribution in [-0.2, 0) is 4.65 Å². The van der Waals surface area contributed by atoms with Gasteiger partial charge in [0.15, 0.2) is 0 Å². The predicted molar refractivity (Wildman–Crippen MR) is 43.1 cm³/mol. The highest BCUT2D eigenvalue weighted by Gasteiger charge is 2.32. The Morgan fingerprint density at radius 3 is 3.27 bits per heavy atom. The summed E-state index contributed by atoms with van der Waals surface area (Å²) in [5.74, 6) is 0. The van der Waals surface area contributed by atoms with E-state index in [9.17, 15) is 5.02 Å². The maximum atomic E-state index is 9.34. The molecule has 0 radical (unpaired) electrons. The van der Waals surface area contributed by atoms with Crippen molar-refractivity contribution in [2.24, 2.45) is 0 Å². The van der Waals surface area contributed by atoms with E-state index < -0.39 is 7.12 Å². The maximum absolute atomic E-state index is 9.34. The first kappa shape index (κ1) is 7.34. The highest BCUT2D eigenvalue weighted by atomic mass is 16.5. The molecule has 2 heterocycles. The smallest absolute Gasteiger partial charge is 0.423 e. The predicted octanol–water partition coefficient (Wildman–Crippen LogP) is -0.332. The molecule has 2 aliphatic heterocycles. The first-order valence-electron chi connectivity index (χ1n) is 3.96. The summed E-state index contributed by atoms with van der Waals surface area (Å²) in [6.07, 6.45) is 1.06. The van der Waals surface area contributed by atoms with Gasteiger partial charge in [0.25, 0.3) is 0 Å². The fourth-order valence-corrected chi connectivity index (χ4v) is 1.67. The molecule has 2 aliphatic rings. The van der Waals surface area contributed by atoms with Gasteiger partial charge in [-0.2, -0.15) is 0 Å². The van der Waals surface area contributed by atoms with Crippen LogP contribution in [0.2, 0.25) is 0 Å². The Kier molecular flexibility index (Phi) is 1.75. The van der Waals surface area contributed by atoms with Crippen molar-refractivity contribution >= 4 is 7.12 Å². The molecule has 60 valence electrons. The average Bonchev–Trinajstić information content (AvgIpc) is 2.33. The van der Waals surface area contributed by atoms with Crippen LogP contribution in [0.15, 0.2) is 11.0 Å². The molecule has 0 amide bonds. The van der Waals surface area contributed by atoms with Crippen LogP contribution in [0.25, 0.3) is 0 Å². The first-order valence-corrected chi connectivity index (χ1v) is 3.96. The van der Waals surface area contributed by atoms with Gasteiger partial charge in [-0.25, -0.2) is 0 Å². The Labute approximate surface area is 66.8 Å². The molecule has 4 heteroatoms. The van der Waals surface area contributed by atoms with Crippen LogP contribution >= 0.6 is 0 Å². The van der Waals surface area contributed by atoms with Crippen LogP contribution < -0.4 is 0 Å². The molecular weight excluding hydrogens is 141 g/mol. The van der Waals surface area contributed by atoms with Crippen LogP contribution in [0.1, 0.15) is 6.42 Å². The molecule has 3 nitrogen and oxygen atoms in total. The maximum Gasteiger partial charge on any atom is 0.488 e. The minimum atomic E-state index is -0.618. The largest absolute Gasteiger partial charge is 0.488 e. The van der Waals surface area contributed by atoms with Gasteiger partial charge in [0.05, 0.1) is 6.61 Å². The summed E-state index contributed by atoms with van der Waals surface area (Å²) in [5.41, 5.74) is 2.41. The molecule has 0 aromatic carbocycles. The van der Waals surface area contributed by atoms with Crippen molar-refractivity contribution in [1.29, 1.82) is 0 Å². The number of nitrogens with zero attached hydrogens (tertiary/aromatic N) is 1. The Hall–Kier alpha value is -0.315. The third kappa shape index (κ3) is 1.22. The quantitative estimate of drug-likeness (QED) is 0.483. The molecule has 0 unspecified atom stereocenters. The zero-order valence-corrected chi connectivity index (χ0v) is 6.71. The van der Waals surface area contributed by atoms with Gasteiger partial charge in [-0.3, -0.25) is 0 Å². The second-order valence-electron chi connectivity index (χ2n) is 3.28. The molecule has 0 atom stereocenters. The second-order valence-corrected chi connectivity index (χ2v) is 3.28. The van der Waals surface area contributed by atoms with E-state index in [1.807, 2.05) is 0 Å². The van der Waals surface area contributed by atoms with Gasteiger partial charge in [-0.05, 0) is 24.5 Å². The molecule has 11 heavy (non-hydrogen) atoms. The van der Waals surface area contributed by atoms with E-state index in [2.05, 4.69) is 11.9 Å². The van der Waals surface area contributed by atoms with Gasteiger partial charge in [-0.15, -0.1) is 0 Å². The van der Waals surface area contributed by atoms with E-state index in [-0.39, 0.29) is 0 Å². The zero-order valence-electron chi connectivity index (χ0n) is 6.71. The Balaban J connectivity index is 2.18. The van der Waals surface area contributed by atoms with Crippen molar-refractivity contribution in [2.75, 3.05) is 26.7 Å². The zero-order chi connectivity index (χ0) is 7.84. The summed E-state index contributed by atoms with van der Waals surface area (Å²) < 4.78 is 5.10. The molecule has 1 N–H and O–H groups in total. The number of rotatable bonds is 0. The lowest BCUT2D eigenvalue weighted by atomic mass is 9.76. The summed E-state index contributed by atoms with van der Waals surface area (Å²) in [5, 5.41) is 9.34. The highest BCUT2D eigenvalue weighted by molar-refractivity contribution is 6.53. The average molecular weight is 153 g/mol. The molecule has 0 saturated carbocycles. The van der Waals surface area contributed by atoms with Crippen LogP contribution in [0.4, 0.5) is 0 Å². The normalized spacial score (nSPS) is 26.2. The number of hydrogen-bond acceptors (Lipinski definition) is 3. The van der Waals surface area contributed by atoms with Gasteiger partial charge in [0, 0.05) is 13.1 Å². The Morgan fingerprint density at radius 1 is 1.64 bits per heavy atom. The van der Waals surface area contributed by atoms with E-state index in [4.69, 9.17) is 4.65 Å². The van der Waals surface area contributed by atoms with Crippen molar-refractivity contribution < 1.29 is 9.68 Å². The van der Waals surface area contributed by atoms with Gasteiger partial charge in [0.1, 0.15) is 0 Å². The van der Waals surface area contributed by atoms with Crippen molar-refractivity contribution in [2.45, 2.75) is 6.42 Å². The highest BCUT2D eigenvalue weighted by Crippen LogP contribution is 2.24. The lowest BCUT2D eigenvalue weighted by molar-refractivity contribution is 0.307. The molecule has 0 aliphatic carbocycles. The fourth-order valence-electron chi connectivity index (χ4n) is 1.67. The Bertz CT molecular complexity index is 205. The van der Waals surface area contributed by atoms with Gasteiger partial charge < -0.3 is 14.6 Å². The standard InChI is InChI=1S/C7H12BNO2/c1-9-3-2-6-5-11-8(10)7(6)4-9/h10H,2-5H2,1H3. The van der Waals surface area contributed by atoms with Gasteiger partial charge in [0.2, 0.25) is 0 Å². The molecule has 0 saturated heterocycles. The number of likely N-dealkylation sites (N-methyl/N-ethyl adjacent to an activating group) is 1. The van der Waals surface area contributed by atoms with Crippen LogP contribution in [0.3, 0.4) is 0 Å². The molecule has 0 aromatic rings. The molecular formula is C7H12BNO2. The van der Waals surface area contributed by atoms with Gasteiger partial charge >= 0.3 is 7.12 Å². The van der Waals surface area contributed by atoms with Crippen molar-refractivity contribution in [1.82, 2.24) is 4.90 Å². The third-order valence-corrected chi connectivity index (χ3v) is 2.40. The second kappa shape index (κ2) is 2.62. The first-order chi connectivity index (χ1) is 5.27. The lowest BCUT2D eigenvalue weighted by Gasteiger charge is -2.23. The van der Waals surface area contributed by atoms with E-state index >= 15 is 0 Å². The fraction of sp³-hybridized carbons (Fsp3) is 0.714. The van der Waals surface area contributed by atoms with Crippen molar-refractivity contribution in [3.05, 3.63) is 11.0 Å². The topological polar surface area (TPSA) is 32.7 Å². The summed E-state index contributed by atoms with van der Waals surface area (Å²) in [6, 6.07) is 0. The van der Waals surface area contributed by atoms with Gasteiger partial charge in [-0.1, -0.05) is 0 Å². The molecule has 0 bridgehead atoms. The molecule has 2 rings (SSSR count). The third-order valence-electron chi connectivity index (χ3n) is 2.40. The van der Waals surface area contributed by atoms with Crippen LogP contribution in [0.5, 0.6) is 0 Å². The Morgan fingerprint density at radius 2 is 2.45 bits per heavy atom. The van der Waals surface area contributed by atoms with Crippen LogP contribution in [0, 0.1) is 0 Å². The van der Waals surface area contributed by atoms with Crippen LogP contribution in [-0.4, -0.2) is 43.8 Å². The number of hydrogen-bond donors (Lipinski definition) is 1. The summed E-state index contributed by atoms with van der Waals surface area (Å²) in [4.78, 5) is 2.21. The SMILES string of the molecule is CN1CCC2=C(C1)B(O)OC2. The molecule has 0 spiro atoms. The summed E-state index contributed by atoms with van der Waals surface area (Å²) in [7, 11) is 1.45. The lowest BCUT2D eigenvalue weighted by Crippen LogP contribution is -2.31. The molecule has 0 aromatic heterocycles. The minimum absolute atomic E-state index is 0.618. The minimum Gasteiger partial charge on any atom is -0.423 e. The molecule has 0 fully saturated rings. The van der Waals surface area contributed by atoms with Crippen molar-refractivity contribution in [3.63, 3.8) is 0 Å². The summed E-state index contributed by atoms with van der Waals surface area (Å²) >= 11 is 0. The van der Waals surface area contributed by atoms with Crippen molar-refractivity contribution in [3.8, 4) is 0 Å². The summed E-state index contributed by atoms with van der Waals surface area (Å²) in [6.45, 7) is 2.61. The monoisotopic (exact) mass is 153 g/mol. The van der Waals surface area contributed by atoms with E-state index in [1.165, 1.54) is 5.57 Å². The van der Waals surface area contributed by atoms with E-state index in [0.717, 1.165) is 25.0 Å². The van der Waals surface area contributed by atoms with E-state index in [1.54, 1.807) is 0 Å².